The molecule has 11 heteroatoms. The second kappa shape index (κ2) is 5.95. The molecule has 0 radical (unpaired) electrons. The second-order valence-electron chi connectivity index (χ2n) is 3.67. The Kier molecular flexibility index (Phi) is 4.44. The number of nitro groups is 1. The maximum absolute atomic E-state index is 12.3. The van der Waals surface area contributed by atoms with E-state index in [1.165, 1.54) is 19.4 Å². The summed E-state index contributed by atoms with van der Waals surface area (Å²) in [5.41, 5.74) is -0.350. The number of methoxy groups -OCH3 is 1. The third-order valence-corrected chi connectivity index (χ3v) is 5.23. The number of benzene rings is 1. The minimum absolute atomic E-state index is 0.00345. The van der Waals surface area contributed by atoms with Gasteiger partial charge in [-0.1, -0.05) is 11.3 Å². The summed E-state index contributed by atoms with van der Waals surface area (Å²) in [6.45, 7) is 0. The highest BCUT2D eigenvalue weighted by Crippen LogP contribution is 2.31. The molecule has 0 saturated heterocycles. The van der Waals surface area contributed by atoms with Crippen LogP contribution in [-0.2, 0) is 10.0 Å². The van der Waals surface area contributed by atoms with Crippen LogP contribution in [0.15, 0.2) is 33.1 Å². The zero-order valence-electron chi connectivity index (χ0n) is 10.4. The molecule has 1 aromatic carbocycles. The quantitative estimate of drug-likeness (QED) is 0.617. The van der Waals surface area contributed by atoms with Crippen molar-refractivity contribution >= 4 is 48.1 Å². The Bertz CT molecular complexity index is 790. The van der Waals surface area contributed by atoms with Gasteiger partial charge < -0.3 is 4.74 Å². The van der Waals surface area contributed by atoms with E-state index in [2.05, 4.69) is 25.6 Å². The molecule has 1 N–H and O–H groups in total. The second-order valence-corrected chi connectivity index (χ2v) is 7.73. The highest BCUT2D eigenvalue weighted by molar-refractivity contribution is 9.11. The van der Waals surface area contributed by atoms with Crippen molar-refractivity contribution in [2.24, 2.45) is 0 Å². The number of halogens is 1. The zero-order chi connectivity index (χ0) is 15.6. The molecule has 0 aliphatic rings. The summed E-state index contributed by atoms with van der Waals surface area (Å²) in [5, 5.41) is 10.9. The molecule has 0 unspecified atom stereocenters. The first-order chi connectivity index (χ1) is 9.83. The van der Waals surface area contributed by atoms with Gasteiger partial charge in [0.05, 0.1) is 22.0 Å². The Hall–Kier alpha value is -1.72. The van der Waals surface area contributed by atoms with Crippen molar-refractivity contribution in [1.82, 2.24) is 4.98 Å². The number of nitrogens with zero attached hydrogens (tertiary/aromatic N) is 2. The van der Waals surface area contributed by atoms with E-state index in [1.807, 2.05) is 0 Å². The number of ether oxygens (including phenoxy) is 1. The summed E-state index contributed by atoms with van der Waals surface area (Å²) >= 11 is 4.24. The molecule has 0 amide bonds. The van der Waals surface area contributed by atoms with Gasteiger partial charge in [0.25, 0.3) is 15.7 Å². The lowest BCUT2D eigenvalue weighted by molar-refractivity contribution is -0.385. The molecule has 8 nitrogen and oxygen atoms in total. The largest absolute Gasteiger partial charge is 0.495 e. The maximum atomic E-state index is 12.3. The van der Waals surface area contributed by atoms with Gasteiger partial charge >= 0.3 is 0 Å². The SMILES string of the molecule is COc1ccc([N+](=O)[O-])cc1S(=O)(=O)Nc1ncc(Br)s1. The van der Waals surface area contributed by atoms with Crippen LogP contribution in [0.4, 0.5) is 10.8 Å². The molecule has 2 aromatic rings. The third kappa shape index (κ3) is 3.49. The minimum atomic E-state index is -4.05. The average molecular weight is 394 g/mol. The van der Waals surface area contributed by atoms with Crippen molar-refractivity contribution in [1.29, 1.82) is 0 Å². The lowest BCUT2D eigenvalue weighted by Gasteiger charge is -2.09. The number of hydrogen-bond donors (Lipinski definition) is 1. The van der Waals surface area contributed by atoms with Crippen LogP contribution < -0.4 is 9.46 Å². The number of sulfonamides is 1. The summed E-state index contributed by atoms with van der Waals surface area (Å²) in [7, 11) is -2.77. The van der Waals surface area contributed by atoms with Crippen molar-refractivity contribution in [3.05, 3.63) is 38.3 Å². The van der Waals surface area contributed by atoms with Gasteiger partial charge in [-0.15, -0.1) is 0 Å². The Morgan fingerprint density at radius 3 is 2.71 bits per heavy atom. The molecule has 0 aliphatic carbocycles. The first kappa shape index (κ1) is 15.7. The number of non-ortho nitro benzene ring substituents is 1. The van der Waals surface area contributed by atoms with E-state index < -0.39 is 14.9 Å². The van der Waals surface area contributed by atoms with E-state index in [4.69, 9.17) is 4.74 Å². The number of hydrogen-bond acceptors (Lipinski definition) is 7. The van der Waals surface area contributed by atoms with E-state index in [0.29, 0.717) is 3.79 Å². The molecular weight excluding hydrogens is 386 g/mol. The molecule has 21 heavy (non-hydrogen) atoms. The predicted molar refractivity (Wildman–Crippen MR) is 80.3 cm³/mol. The van der Waals surface area contributed by atoms with Gasteiger partial charge in [-0.05, 0) is 22.0 Å². The average Bonchev–Trinajstić information content (AvgIpc) is 2.82. The fourth-order valence-corrected chi connectivity index (χ4v) is 4.00. The highest BCUT2D eigenvalue weighted by Gasteiger charge is 2.24. The molecule has 2 rings (SSSR count). The van der Waals surface area contributed by atoms with Crippen molar-refractivity contribution in [2.75, 3.05) is 11.8 Å². The van der Waals surface area contributed by atoms with Gasteiger partial charge in [0, 0.05) is 12.1 Å². The van der Waals surface area contributed by atoms with Crippen LogP contribution in [0.3, 0.4) is 0 Å². The number of rotatable bonds is 5. The Morgan fingerprint density at radius 1 is 1.48 bits per heavy atom. The van der Waals surface area contributed by atoms with Crippen LogP contribution >= 0.6 is 27.3 Å². The van der Waals surface area contributed by atoms with Crippen molar-refractivity contribution in [3.8, 4) is 5.75 Å². The molecule has 0 aliphatic heterocycles. The topological polar surface area (TPSA) is 111 Å². The molecular formula is C10H8BrN3O5S2. The molecule has 0 fully saturated rings. The standard InChI is InChI=1S/C10H8BrN3O5S2/c1-19-7-3-2-6(14(15)16)4-8(7)21(17,18)13-10-12-5-9(11)20-10/h2-5H,1H3,(H,12,13). The molecule has 0 saturated carbocycles. The van der Waals surface area contributed by atoms with Crippen LogP contribution in [-0.4, -0.2) is 25.4 Å². The van der Waals surface area contributed by atoms with Crippen molar-refractivity contribution in [3.63, 3.8) is 0 Å². The summed E-state index contributed by atoms with van der Waals surface area (Å²) < 4.78 is 32.4. The van der Waals surface area contributed by atoms with Crippen LogP contribution in [0, 0.1) is 10.1 Å². The third-order valence-electron chi connectivity index (χ3n) is 2.35. The number of anilines is 1. The van der Waals surface area contributed by atoms with Crippen LogP contribution in [0.2, 0.25) is 0 Å². The van der Waals surface area contributed by atoms with E-state index in [-0.39, 0.29) is 21.5 Å². The molecule has 1 heterocycles. The molecule has 0 spiro atoms. The summed E-state index contributed by atoms with van der Waals surface area (Å²) in [5.74, 6) is 0.00345. The van der Waals surface area contributed by atoms with Gasteiger partial charge in [-0.25, -0.2) is 13.4 Å². The Morgan fingerprint density at radius 2 is 2.19 bits per heavy atom. The summed E-state index contributed by atoms with van der Waals surface area (Å²) in [6, 6.07) is 3.33. The van der Waals surface area contributed by atoms with Crippen LogP contribution in [0.5, 0.6) is 5.75 Å². The van der Waals surface area contributed by atoms with E-state index in [1.54, 1.807) is 0 Å². The van der Waals surface area contributed by atoms with Gasteiger partial charge in [0.2, 0.25) is 0 Å². The molecule has 112 valence electrons. The first-order valence-corrected chi connectivity index (χ1v) is 8.39. The van der Waals surface area contributed by atoms with Crippen molar-refractivity contribution in [2.45, 2.75) is 4.90 Å². The van der Waals surface area contributed by atoms with Gasteiger partial charge in [-0.2, -0.15) is 0 Å². The Labute approximate surface area is 132 Å². The smallest absolute Gasteiger partial charge is 0.271 e. The van der Waals surface area contributed by atoms with E-state index in [0.717, 1.165) is 23.5 Å². The minimum Gasteiger partial charge on any atom is -0.495 e. The highest BCUT2D eigenvalue weighted by atomic mass is 79.9. The maximum Gasteiger partial charge on any atom is 0.271 e. The zero-order valence-corrected chi connectivity index (χ0v) is 13.7. The number of aromatic nitrogens is 1. The normalized spacial score (nSPS) is 11.1. The molecule has 0 bridgehead atoms. The lowest BCUT2D eigenvalue weighted by Crippen LogP contribution is -2.14. The fourth-order valence-electron chi connectivity index (χ4n) is 1.46. The number of thiazole rings is 1. The molecule has 1 aromatic heterocycles. The molecule has 0 atom stereocenters. The lowest BCUT2D eigenvalue weighted by atomic mass is 10.3. The van der Waals surface area contributed by atoms with Gasteiger partial charge in [0.15, 0.2) is 5.13 Å². The summed E-state index contributed by atoms with van der Waals surface area (Å²) in [6.07, 6.45) is 1.44. The van der Waals surface area contributed by atoms with Crippen LogP contribution in [0.1, 0.15) is 0 Å². The van der Waals surface area contributed by atoms with Crippen LogP contribution in [0.25, 0.3) is 0 Å². The van der Waals surface area contributed by atoms with E-state index >= 15 is 0 Å². The van der Waals surface area contributed by atoms with Gasteiger partial charge in [-0.3, -0.25) is 14.8 Å². The monoisotopic (exact) mass is 393 g/mol. The fraction of sp³-hybridized carbons (Fsp3) is 0.100. The predicted octanol–water partition coefficient (Wildman–Crippen LogP) is 2.62. The summed E-state index contributed by atoms with van der Waals surface area (Å²) in [4.78, 5) is 13.6. The van der Waals surface area contributed by atoms with E-state index in [9.17, 15) is 18.5 Å². The number of nitrogens with one attached hydrogen (secondary N) is 1. The Balaban J connectivity index is 2.47. The van der Waals surface area contributed by atoms with Crippen molar-refractivity contribution < 1.29 is 18.1 Å². The van der Waals surface area contributed by atoms with Gasteiger partial charge in [0.1, 0.15) is 10.6 Å². The first-order valence-electron chi connectivity index (χ1n) is 5.30. The number of nitro benzene ring substituents is 1.